The van der Waals surface area contributed by atoms with Gasteiger partial charge in [-0.3, -0.25) is 20.4 Å². The highest BCUT2D eigenvalue weighted by molar-refractivity contribution is 7.89. The maximum atomic E-state index is 12.5. The molecular weight excluding hydrogens is 434 g/mol. The average Bonchev–Trinajstić information content (AvgIpc) is 3.13. The van der Waals surface area contributed by atoms with E-state index in [4.69, 9.17) is 14.6 Å². The molecule has 0 radical (unpaired) electrons. The molecule has 0 saturated carbocycles. The molecule has 2 aromatic rings. The van der Waals surface area contributed by atoms with Crippen molar-refractivity contribution < 1.29 is 27.5 Å². The standard InChI is InChI=1S/C17H21N5O6S2/c1-10-14(29-17(19-10)22-5-7-28-8-6-22)16(24)21-20-15(23)12-9-11(30(18,25)26)3-4-13(12)27-2/h3-4,9H,5-8H2,1-2H3,(H,20,23)(H,21,24)(H2,18,25,26). The topological polar surface area (TPSA) is 153 Å². The van der Waals surface area contributed by atoms with Crippen LogP contribution in [0.4, 0.5) is 5.13 Å². The molecule has 0 aliphatic carbocycles. The van der Waals surface area contributed by atoms with Crippen LogP contribution in [0.5, 0.6) is 5.75 Å². The van der Waals surface area contributed by atoms with Crippen LogP contribution in [0.25, 0.3) is 0 Å². The molecule has 1 aliphatic heterocycles. The number of primary sulfonamides is 1. The number of amides is 2. The molecule has 1 fully saturated rings. The van der Waals surface area contributed by atoms with E-state index in [1.54, 1.807) is 6.92 Å². The molecule has 2 heterocycles. The number of nitrogens with zero attached hydrogens (tertiary/aromatic N) is 2. The number of carbonyl (C=O) groups is 2. The first kappa shape index (κ1) is 22.0. The number of methoxy groups -OCH3 is 1. The van der Waals surface area contributed by atoms with Crippen LogP contribution < -0.4 is 25.6 Å². The fourth-order valence-electron chi connectivity index (χ4n) is 2.76. The number of nitrogens with two attached hydrogens (primary N) is 1. The van der Waals surface area contributed by atoms with Gasteiger partial charge in [-0.25, -0.2) is 18.5 Å². The van der Waals surface area contributed by atoms with Crippen molar-refractivity contribution in [2.75, 3.05) is 38.3 Å². The smallest absolute Gasteiger partial charge is 0.281 e. The van der Waals surface area contributed by atoms with Crippen LogP contribution >= 0.6 is 11.3 Å². The van der Waals surface area contributed by atoms with Crippen LogP contribution in [0.3, 0.4) is 0 Å². The third-order valence-corrected chi connectivity index (χ3v) is 6.43. The summed E-state index contributed by atoms with van der Waals surface area (Å²) in [5, 5.41) is 5.81. The number of rotatable bonds is 5. The van der Waals surface area contributed by atoms with E-state index < -0.39 is 21.8 Å². The summed E-state index contributed by atoms with van der Waals surface area (Å²) in [4.78, 5) is 31.6. The summed E-state index contributed by atoms with van der Waals surface area (Å²) in [5.74, 6) is -1.18. The SMILES string of the molecule is COc1ccc(S(N)(=O)=O)cc1C(=O)NNC(=O)c1sc(N2CCOCC2)nc1C. The summed E-state index contributed by atoms with van der Waals surface area (Å²) in [5.41, 5.74) is 5.01. The molecule has 2 amide bonds. The molecule has 11 nitrogen and oxygen atoms in total. The number of carbonyl (C=O) groups excluding carboxylic acids is 2. The molecule has 4 N–H and O–H groups in total. The molecule has 1 aromatic carbocycles. The largest absolute Gasteiger partial charge is 0.496 e. The van der Waals surface area contributed by atoms with E-state index in [0.717, 1.165) is 6.07 Å². The van der Waals surface area contributed by atoms with Crippen molar-refractivity contribution in [3.05, 3.63) is 34.3 Å². The van der Waals surface area contributed by atoms with E-state index in [0.29, 0.717) is 42.0 Å². The second-order valence-electron chi connectivity index (χ2n) is 6.33. The van der Waals surface area contributed by atoms with Gasteiger partial charge in [0, 0.05) is 13.1 Å². The van der Waals surface area contributed by atoms with Gasteiger partial charge in [0.25, 0.3) is 11.8 Å². The number of sulfonamides is 1. The first-order valence-electron chi connectivity index (χ1n) is 8.82. The lowest BCUT2D eigenvalue weighted by Gasteiger charge is -2.25. The normalized spacial score (nSPS) is 14.3. The highest BCUT2D eigenvalue weighted by Gasteiger charge is 2.22. The number of hydrazine groups is 1. The van der Waals surface area contributed by atoms with Crippen LogP contribution in [0, 0.1) is 6.92 Å². The van der Waals surface area contributed by atoms with Crippen LogP contribution in [0.2, 0.25) is 0 Å². The van der Waals surface area contributed by atoms with Crippen molar-refractivity contribution in [3.8, 4) is 5.75 Å². The molecule has 162 valence electrons. The first-order valence-corrected chi connectivity index (χ1v) is 11.2. The lowest BCUT2D eigenvalue weighted by Crippen LogP contribution is -2.41. The molecule has 0 spiro atoms. The number of aryl methyl sites for hydroxylation is 1. The van der Waals surface area contributed by atoms with Crippen molar-refractivity contribution in [2.45, 2.75) is 11.8 Å². The zero-order chi connectivity index (χ0) is 21.9. The predicted octanol–water partition coefficient (Wildman–Crippen LogP) is 0.0189. The molecular formula is C17H21N5O6S2. The Balaban J connectivity index is 1.72. The van der Waals surface area contributed by atoms with Crippen LogP contribution in [-0.4, -0.2) is 58.6 Å². The number of nitrogens with one attached hydrogen (secondary N) is 2. The number of hydrogen-bond donors (Lipinski definition) is 3. The van der Waals surface area contributed by atoms with Gasteiger partial charge < -0.3 is 14.4 Å². The van der Waals surface area contributed by atoms with Gasteiger partial charge in [-0.15, -0.1) is 0 Å². The minimum absolute atomic E-state index is 0.0978. The monoisotopic (exact) mass is 455 g/mol. The number of benzene rings is 1. The lowest BCUT2D eigenvalue weighted by molar-refractivity contribution is 0.0846. The first-order chi connectivity index (χ1) is 14.2. The number of anilines is 1. The van der Waals surface area contributed by atoms with E-state index in [-0.39, 0.29) is 16.2 Å². The number of morpholine rings is 1. The number of thiazole rings is 1. The van der Waals surface area contributed by atoms with Crippen molar-refractivity contribution in [1.82, 2.24) is 15.8 Å². The molecule has 0 unspecified atom stereocenters. The van der Waals surface area contributed by atoms with Gasteiger partial charge in [0.2, 0.25) is 10.0 Å². The fraction of sp³-hybridized carbons (Fsp3) is 0.353. The molecule has 1 aliphatic rings. The minimum atomic E-state index is -4.01. The van der Waals surface area contributed by atoms with E-state index in [9.17, 15) is 18.0 Å². The minimum Gasteiger partial charge on any atom is -0.496 e. The zero-order valence-corrected chi connectivity index (χ0v) is 17.9. The quantitative estimate of drug-likeness (QED) is 0.533. The second-order valence-corrected chi connectivity index (χ2v) is 8.86. The average molecular weight is 456 g/mol. The highest BCUT2D eigenvalue weighted by Crippen LogP contribution is 2.26. The van der Waals surface area contributed by atoms with Gasteiger partial charge in [-0.2, -0.15) is 0 Å². The summed E-state index contributed by atoms with van der Waals surface area (Å²) < 4.78 is 33.5. The van der Waals surface area contributed by atoms with E-state index in [2.05, 4.69) is 15.8 Å². The van der Waals surface area contributed by atoms with Gasteiger partial charge in [0.05, 0.1) is 36.5 Å². The summed E-state index contributed by atoms with van der Waals surface area (Å²) >= 11 is 1.21. The molecule has 1 saturated heterocycles. The van der Waals surface area contributed by atoms with E-state index in [1.807, 2.05) is 4.90 Å². The van der Waals surface area contributed by atoms with Crippen LogP contribution in [-0.2, 0) is 14.8 Å². The summed E-state index contributed by atoms with van der Waals surface area (Å²) in [6.07, 6.45) is 0. The molecule has 0 bridgehead atoms. The Morgan fingerprint density at radius 1 is 1.23 bits per heavy atom. The van der Waals surface area contributed by atoms with Gasteiger partial charge in [0.15, 0.2) is 5.13 Å². The van der Waals surface area contributed by atoms with Crippen molar-refractivity contribution >= 4 is 38.3 Å². The Morgan fingerprint density at radius 3 is 2.53 bits per heavy atom. The molecule has 13 heteroatoms. The second kappa shape index (κ2) is 8.95. The Bertz CT molecular complexity index is 1060. The summed E-state index contributed by atoms with van der Waals surface area (Å²) in [6.45, 7) is 4.26. The molecule has 3 rings (SSSR count). The van der Waals surface area contributed by atoms with Crippen LogP contribution in [0.15, 0.2) is 23.1 Å². The van der Waals surface area contributed by atoms with Gasteiger partial charge >= 0.3 is 0 Å². The van der Waals surface area contributed by atoms with Crippen molar-refractivity contribution in [2.24, 2.45) is 5.14 Å². The van der Waals surface area contributed by atoms with Gasteiger partial charge in [-0.1, -0.05) is 11.3 Å². The number of aromatic nitrogens is 1. The lowest BCUT2D eigenvalue weighted by atomic mass is 10.2. The van der Waals surface area contributed by atoms with Crippen molar-refractivity contribution in [1.29, 1.82) is 0 Å². The Hall–Kier alpha value is -2.74. The number of hydrogen-bond acceptors (Lipinski definition) is 9. The number of ether oxygens (including phenoxy) is 2. The maximum Gasteiger partial charge on any atom is 0.281 e. The summed E-state index contributed by atoms with van der Waals surface area (Å²) in [6, 6.07) is 3.60. The molecule has 0 atom stereocenters. The fourth-order valence-corrected chi connectivity index (χ4v) is 4.32. The van der Waals surface area contributed by atoms with Crippen molar-refractivity contribution in [3.63, 3.8) is 0 Å². The molecule has 30 heavy (non-hydrogen) atoms. The van der Waals surface area contributed by atoms with Crippen LogP contribution in [0.1, 0.15) is 25.7 Å². The Kier molecular flexibility index (Phi) is 6.55. The van der Waals surface area contributed by atoms with Gasteiger partial charge in [-0.05, 0) is 25.1 Å². The predicted molar refractivity (Wildman–Crippen MR) is 109 cm³/mol. The third-order valence-electron chi connectivity index (χ3n) is 4.31. The Morgan fingerprint density at radius 2 is 1.90 bits per heavy atom. The van der Waals surface area contributed by atoms with E-state index in [1.165, 1.54) is 30.6 Å². The third kappa shape index (κ3) is 4.87. The van der Waals surface area contributed by atoms with E-state index >= 15 is 0 Å². The maximum absolute atomic E-state index is 12.5. The zero-order valence-electron chi connectivity index (χ0n) is 16.3. The Labute approximate surface area is 177 Å². The molecule has 1 aromatic heterocycles. The highest BCUT2D eigenvalue weighted by atomic mass is 32.2. The summed E-state index contributed by atoms with van der Waals surface area (Å²) in [7, 11) is -2.69. The van der Waals surface area contributed by atoms with Gasteiger partial charge in [0.1, 0.15) is 10.6 Å².